The summed E-state index contributed by atoms with van der Waals surface area (Å²) in [6.45, 7) is 3.94. The number of rotatable bonds is 4. The average Bonchev–Trinajstić information content (AvgIpc) is 2.89. The van der Waals surface area contributed by atoms with Crippen LogP contribution in [0.15, 0.2) is 37.1 Å². The van der Waals surface area contributed by atoms with E-state index in [4.69, 9.17) is 4.42 Å². The van der Waals surface area contributed by atoms with Gasteiger partial charge in [0.2, 0.25) is 0 Å². The van der Waals surface area contributed by atoms with Gasteiger partial charge in [0.05, 0.1) is 0 Å². The van der Waals surface area contributed by atoms with E-state index in [-0.39, 0.29) is 5.75 Å². The average molecular weight is 333 g/mol. The van der Waals surface area contributed by atoms with E-state index in [0.29, 0.717) is 11.3 Å². The van der Waals surface area contributed by atoms with Gasteiger partial charge in [-0.3, -0.25) is 0 Å². The highest BCUT2D eigenvalue weighted by molar-refractivity contribution is 8.00. The molecule has 1 N–H and O–H groups in total. The number of benzene rings is 1. The minimum Gasteiger partial charge on any atom is -0.508 e. The number of thioether (sulfide) groups is 1. The molecule has 0 aliphatic rings. The van der Waals surface area contributed by atoms with Crippen LogP contribution in [0.3, 0.4) is 0 Å². The second-order valence-corrected chi connectivity index (χ2v) is 7.05. The number of aryl methyl sites for hydroxylation is 2. The molecule has 3 rings (SSSR count). The van der Waals surface area contributed by atoms with Crippen molar-refractivity contribution in [2.24, 2.45) is 0 Å². The molecule has 3 aromatic rings. The van der Waals surface area contributed by atoms with E-state index in [1.54, 1.807) is 23.1 Å². The zero-order chi connectivity index (χ0) is 15.7. The van der Waals surface area contributed by atoms with Crippen molar-refractivity contribution < 1.29 is 9.52 Å². The molecule has 0 saturated heterocycles. The van der Waals surface area contributed by atoms with Crippen LogP contribution in [-0.2, 0) is 12.2 Å². The van der Waals surface area contributed by atoms with Crippen LogP contribution in [0.5, 0.6) is 5.75 Å². The van der Waals surface area contributed by atoms with Gasteiger partial charge >= 0.3 is 5.63 Å². The summed E-state index contributed by atoms with van der Waals surface area (Å²) < 4.78 is 6.18. The molecule has 22 heavy (non-hydrogen) atoms. The number of hydrogen-bond donors (Lipinski definition) is 1. The zero-order valence-electron chi connectivity index (χ0n) is 12.3. The van der Waals surface area contributed by atoms with Crippen LogP contribution in [-0.4, -0.2) is 10.1 Å². The Balaban J connectivity index is 2.01. The van der Waals surface area contributed by atoms with Crippen LogP contribution in [0.4, 0.5) is 0 Å². The fourth-order valence-electron chi connectivity index (χ4n) is 2.25. The number of hydrogen-bond acceptors (Lipinski definition) is 6. The van der Waals surface area contributed by atoms with Gasteiger partial charge in [0.25, 0.3) is 0 Å². The fourth-order valence-corrected chi connectivity index (χ4v) is 4.09. The molecule has 0 unspecified atom stereocenters. The van der Waals surface area contributed by atoms with Crippen LogP contribution in [0, 0.1) is 6.92 Å². The van der Waals surface area contributed by atoms with Crippen molar-refractivity contribution in [2.75, 3.05) is 0 Å². The van der Waals surface area contributed by atoms with Crippen LogP contribution in [0.2, 0.25) is 0 Å². The van der Waals surface area contributed by atoms with E-state index in [1.807, 2.05) is 25.3 Å². The summed E-state index contributed by atoms with van der Waals surface area (Å²) in [7, 11) is 0. The molecule has 6 heteroatoms. The SMILES string of the molecule is CCc1cc2c(CSc3nc(C)cs3)cc(=O)oc2cc1O. The lowest BCUT2D eigenvalue weighted by atomic mass is 10.1. The van der Waals surface area contributed by atoms with Gasteiger partial charge in [-0.2, -0.15) is 0 Å². The molecule has 114 valence electrons. The second-order valence-electron chi connectivity index (χ2n) is 4.96. The predicted molar refractivity (Wildman–Crippen MR) is 89.9 cm³/mol. The zero-order valence-corrected chi connectivity index (χ0v) is 13.9. The van der Waals surface area contributed by atoms with Gasteiger partial charge < -0.3 is 9.52 Å². The van der Waals surface area contributed by atoms with Crippen LogP contribution >= 0.6 is 23.1 Å². The molecule has 0 bridgehead atoms. The molecule has 0 fully saturated rings. The maximum atomic E-state index is 11.7. The highest BCUT2D eigenvalue weighted by Gasteiger charge is 2.11. The third-order valence-electron chi connectivity index (χ3n) is 3.36. The lowest BCUT2D eigenvalue weighted by Gasteiger charge is -2.08. The number of phenols is 1. The molecule has 0 aliphatic carbocycles. The third-order valence-corrected chi connectivity index (χ3v) is 5.55. The van der Waals surface area contributed by atoms with E-state index >= 15 is 0 Å². The molecule has 1 aromatic carbocycles. The van der Waals surface area contributed by atoms with Gasteiger partial charge in [-0.1, -0.05) is 18.7 Å². The first kappa shape index (κ1) is 15.1. The number of fused-ring (bicyclic) bond motifs is 1. The van der Waals surface area contributed by atoms with Gasteiger partial charge in [-0.05, 0) is 30.5 Å². The van der Waals surface area contributed by atoms with Crippen LogP contribution in [0.1, 0.15) is 23.7 Å². The monoisotopic (exact) mass is 333 g/mol. The smallest absolute Gasteiger partial charge is 0.336 e. The quantitative estimate of drug-likeness (QED) is 0.575. The lowest BCUT2D eigenvalue weighted by Crippen LogP contribution is -2.00. The summed E-state index contributed by atoms with van der Waals surface area (Å²) in [6.07, 6.45) is 0.721. The van der Waals surface area contributed by atoms with Crippen molar-refractivity contribution in [2.45, 2.75) is 30.4 Å². The maximum Gasteiger partial charge on any atom is 0.336 e. The topological polar surface area (TPSA) is 63.3 Å². The Morgan fingerprint density at radius 3 is 2.82 bits per heavy atom. The van der Waals surface area contributed by atoms with E-state index < -0.39 is 5.63 Å². The Bertz CT molecular complexity index is 883. The van der Waals surface area contributed by atoms with Crippen LogP contribution < -0.4 is 5.63 Å². The van der Waals surface area contributed by atoms with E-state index in [1.165, 1.54) is 12.1 Å². The normalized spacial score (nSPS) is 11.2. The molecule has 2 aromatic heterocycles. The molecular formula is C16H15NO3S2. The fraction of sp³-hybridized carbons (Fsp3) is 0.250. The van der Waals surface area contributed by atoms with Crippen molar-refractivity contribution >= 4 is 34.1 Å². The number of thiazole rings is 1. The Labute approximate surface area is 135 Å². The highest BCUT2D eigenvalue weighted by Crippen LogP contribution is 2.31. The first-order valence-electron chi connectivity index (χ1n) is 6.90. The number of nitrogens with zero attached hydrogens (tertiary/aromatic N) is 1. The Morgan fingerprint density at radius 2 is 2.14 bits per heavy atom. The van der Waals surface area contributed by atoms with E-state index in [9.17, 15) is 9.90 Å². The molecule has 2 heterocycles. The molecule has 4 nitrogen and oxygen atoms in total. The largest absolute Gasteiger partial charge is 0.508 e. The van der Waals surface area contributed by atoms with E-state index in [0.717, 1.165) is 33.0 Å². The third kappa shape index (κ3) is 3.03. The van der Waals surface area contributed by atoms with Crippen molar-refractivity contribution in [3.8, 4) is 5.75 Å². The lowest BCUT2D eigenvalue weighted by molar-refractivity contribution is 0.466. The van der Waals surface area contributed by atoms with Crippen molar-refractivity contribution in [1.29, 1.82) is 0 Å². The second kappa shape index (κ2) is 6.14. The van der Waals surface area contributed by atoms with Crippen molar-refractivity contribution in [1.82, 2.24) is 4.98 Å². The number of phenolic OH excluding ortho intramolecular Hbond substituents is 1. The molecular weight excluding hydrogens is 318 g/mol. The molecule has 0 saturated carbocycles. The van der Waals surface area contributed by atoms with Crippen LogP contribution in [0.25, 0.3) is 11.0 Å². The molecule has 0 aliphatic heterocycles. The van der Waals surface area contributed by atoms with Crippen molar-refractivity contribution in [3.05, 3.63) is 50.8 Å². The van der Waals surface area contributed by atoms with Crippen molar-refractivity contribution in [3.63, 3.8) is 0 Å². The molecule has 0 amide bonds. The first-order valence-corrected chi connectivity index (χ1v) is 8.77. The number of aromatic nitrogens is 1. The number of aromatic hydroxyl groups is 1. The Morgan fingerprint density at radius 1 is 1.32 bits per heavy atom. The Kier molecular flexibility index (Phi) is 4.22. The van der Waals surface area contributed by atoms with Gasteiger partial charge in [0.1, 0.15) is 15.7 Å². The highest BCUT2D eigenvalue weighted by atomic mass is 32.2. The van der Waals surface area contributed by atoms with E-state index in [2.05, 4.69) is 4.98 Å². The van der Waals surface area contributed by atoms with Gasteiger partial charge in [0.15, 0.2) is 0 Å². The standard InChI is InChI=1S/C16H15NO3S2/c1-3-10-4-12-11(8-22-16-17-9(2)7-21-16)5-15(19)20-14(12)6-13(10)18/h4-7,18H,3,8H2,1-2H3. The molecule has 0 atom stereocenters. The summed E-state index contributed by atoms with van der Waals surface area (Å²) in [4.78, 5) is 16.1. The first-order chi connectivity index (χ1) is 10.6. The minimum absolute atomic E-state index is 0.165. The van der Waals surface area contributed by atoms with Gasteiger partial charge in [0, 0.05) is 34.3 Å². The summed E-state index contributed by atoms with van der Waals surface area (Å²) in [5, 5.41) is 12.8. The summed E-state index contributed by atoms with van der Waals surface area (Å²) in [6, 6.07) is 4.94. The summed E-state index contributed by atoms with van der Waals surface area (Å²) in [5.74, 6) is 0.807. The Hall–Kier alpha value is -1.79. The molecule has 0 radical (unpaired) electrons. The summed E-state index contributed by atoms with van der Waals surface area (Å²) in [5.41, 5.74) is 2.77. The predicted octanol–water partition coefficient (Wildman–Crippen LogP) is 4.12. The van der Waals surface area contributed by atoms with Gasteiger partial charge in [-0.25, -0.2) is 9.78 Å². The molecule has 0 spiro atoms. The van der Waals surface area contributed by atoms with Gasteiger partial charge in [-0.15, -0.1) is 11.3 Å². The summed E-state index contributed by atoms with van der Waals surface area (Å²) >= 11 is 3.20. The maximum absolute atomic E-state index is 11.7. The minimum atomic E-state index is -0.401.